The van der Waals surface area contributed by atoms with E-state index in [1.165, 1.54) is 25.7 Å². The maximum atomic E-state index is 5.10. The Kier molecular flexibility index (Phi) is 14.2. The van der Waals surface area contributed by atoms with Gasteiger partial charge in [-0.3, -0.25) is 0 Å². The molecule has 0 aromatic heterocycles. The van der Waals surface area contributed by atoms with E-state index in [4.69, 9.17) is 4.74 Å². The highest BCUT2D eigenvalue weighted by atomic mass is 16.5. The van der Waals surface area contributed by atoms with Crippen LogP contribution in [0.5, 0.6) is 0 Å². The molecule has 0 spiro atoms. The van der Waals surface area contributed by atoms with E-state index >= 15 is 0 Å². The van der Waals surface area contributed by atoms with Gasteiger partial charge in [-0.05, 0) is 19.3 Å². The Bertz CT molecular complexity index is 76.4. The van der Waals surface area contributed by atoms with Gasteiger partial charge in [0.15, 0.2) is 0 Å². The third-order valence-electron chi connectivity index (χ3n) is 1.62. The molecule has 1 heteroatoms. The fourth-order valence-corrected chi connectivity index (χ4v) is 0.800. The van der Waals surface area contributed by atoms with Gasteiger partial charge in [-0.25, -0.2) is 0 Å². The van der Waals surface area contributed by atoms with Gasteiger partial charge in [-0.15, -0.1) is 0 Å². The van der Waals surface area contributed by atoms with Crippen LogP contribution in [0.4, 0.5) is 0 Å². The first-order chi connectivity index (χ1) is 6.04. The minimum Gasteiger partial charge on any atom is -0.382 e. The van der Waals surface area contributed by atoms with Crippen LogP contribution in [0.3, 0.4) is 0 Å². The third-order valence-corrected chi connectivity index (χ3v) is 1.62. The lowest BCUT2D eigenvalue weighted by atomic mass is 10.1. The molecule has 0 radical (unpaired) electrons. The lowest BCUT2D eigenvalue weighted by Gasteiger charge is -2.06. The average Bonchev–Trinajstić information content (AvgIpc) is 2.03. The van der Waals surface area contributed by atoms with Gasteiger partial charge >= 0.3 is 0 Å². The Hall–Kier alpha value is -0.0400. The van der Waals surface area contributed by atoms with Gasteiger partial charge in [-0.1, -0.05) is 47.0 Å². The number of hydrogen-bond donors (Lipinski definition) is 0. The second-order valence-electron chi connectivity index (χ2n) is 4.27. The summed E-state index contributed by atoms with van der Waals surface area (Å²) in [5, 5.41) is 0. The predicted molar refractivity (Wildman–Crippen MR) is 61.1 cm³/mol. The molecule has 0 aromatic rings. The van der Waals surface area contributed by atoms with E-state index in [0.29, 0.717) is 6.10 Å². The zero-order chi connectivity index (χ0) is 10.7. The van der Waals surface area contributed by atoms with Crippen molar-refractivity contribution in [3.63, 3.8) is 0 Å². The summed E-state index contributed by atoms with van der Waals surface area (Å²) in [5.41, 5.74) is 0. The number of methoxy groups -OCH3 is 1. The van der Waals surface area contributed by atoms with Crippen LogP contribution in [0.1, 0.15) is 60.3 Å². The number of unbranched alkanes of at least 4 members (excludes halogenated alkanes) is 2. The highest BCUT2D eigenvalue weighted by molar-refractivity contribution is 4.48. The maximum Gasteiger partial charge on any atom is 0.0543 e. The van der Waals surface area contributed by atoms with Gasteiger partial charge in [0, 0.05) is 7.11 Å². The molecular weight excluding hydrogens is 160 g/mol. The SMILES string of the molecule is CC(C)C.CCCCCC(C)OC. The molecule has 1 atom stereocenters. The monoisotopic (exact) mass is 188 g/mol. The van der Waals surface area contributed by atoms with Crippen molar-refractivity contribution >= 4 is 0 Å². The van der Waals surface area contributed by atoms with Crippen molar-refractivity contribution < 1.29 is 4.74 Å². The molecule has 0 saturated heterocycles. The van der Waals surface area contributed by atoms with Gasteiger partial charge in [0.1, 0.15) is 0 Å². The van der Waals surface area contributed by atoms with Crippen molar-refractivity contribution in [2.45, 2.75) is 66.4 Å². The minimum absolute atomic E-state index is 0.455. The molecule has 0 aliphatic rings. The maximum absolute atomic E-state index is 5.10. The molecule has 13 heavy (non-hydrogen) atoms. The molecule has 1 nitrogen and oxygen atoms in total. The second-order valence-corrected chi connectivity index (χ2v) is 4.27. The van der Waals surface area contributed by atoms with Crippen LogP contribution < -0.4 is 0 Å². The fraction of sp³-hybridized carbons (Fsp3) is 1.00. The molecule has 0 aliphatic carbocycles. The quantitative estimate of drug-likeness (QED) is 0.586. The van der Waals surface area contributed by atoms with E-state index in [9.17, 15) is 0 Å². The first-order valence-electron chi connectivity index (χ1n) is 5.57. The summed E-state index contributed by atoms with van der Waals surface area (Å²) in [6, 6.07) is 0. The summed E-state index contributed by atoms with van der Waals surface area (Å²) in [4.78, 5) is 0. The topological polar surface area (TPSA) is 9.23 Å². The van der Waals surface area contributed by atoms with Crippen LogP contribution in [0.15, 0.2) is 0 Å². The smallest absolute Gasteiger partial charge is 0.0543 e. The zero-order valence-electron chi connectivity index (χ0n) is 10.4. The molecule has 0 saturated carbocycles. The third kappa shape index (κ3) is 24.5. The molecular formula is C12H28O. The molecule has 0 amide bonds. The lowest BCUT2D eigenvalue weighted by Crippen LogP contribution is -2.03. The summed E-state index contributed by atoms with van der Waals surface area (Å²) in [5.74, 6) is 0.833. The second kappa shape index (κ2) is 12.0. The normalized spacial score (nSPS) is 12.2. The number of ether oxygens (including phenoxy) is 1. The molecule has 0 bridgehead atoms. The van der Waals surface area contributed by atoms with Crippen LogP contribution in [-0.4, -0.2) is 13.2 Å². The molecule has 1 unspecified atom stereocenters. The lowest BCUT2D eigenvalue weighted by molar-refractivity contribution is 0.108. The fourth-order valence-electron chi connectivity index (χ4n) is 0.800. The van der Waals surface area contributed by atoms with E-state index in [-0.39, 0.29) is 0 Å². The molecule has 0 aromatic carbocycles. The first-order valence-corrected chi connectivity index (χ1v) is 5.57. The van der Waals surface area contributed by atoms with Crippen molar-refractivity contribution in [3.8, 4) is 0 Å². The van der Waals surface area contributed by atoms with E-state index in [1.807, 2.05) is 0 Å². The minimum atomic E-state index is 0.455. The predicted octanol–water partition coefficient (Wildman–Crippen LogP) is 4.26. The highest BCUT2D eigenvalue weighted by Gasteiger charge is 1.96. The van der Waals surface area contributed by atoms with Crippen molar-refractivity contribution in [2.24, 2.45) is 5.92 Å². The Morgan fingerprint density at radius 2 is 1.46 bits per heavy atom. The van der Waals surface area contributed by atoms with Crippen LogP contribution in [0.25, 0.3) is 0 Å². The van der Waals surface area contributed by atoms with Gasteiger partial charge < -0.3 is 4.74 Å². The summed E-state index contributed by atoms with van der Waals surface area (Å²) in [6.45, 7) is 10.8. The Morgan fingerprint density at radius 3 is 1.77 bits per heavy atom. The number of hydrogen-bond acceptors (Lipinski definition) is 1. The van der Waals surface area contributed by atoms with Crippen LogP contribution in [0, 0.1) is 5.92 Å². The summed E-state index contributed by atoms with van der Waals surface area (Å²) in [7, 11) is 1.77. The summed E-state index contributed by atoms with van der Waals surface area (Å²) >= 11 is 0. The zero-order valence-corrected chi connectivity index (χ0v) is 10.4. The summed E-state index contributed by atoms with van der Waals surface area (Å²) in [6.07, 6.45) is 5.62. The first kappa shape index (κ1) is 15.4. The van der Waals surface area contributed by atoms with Crippen molar-refractivity contribution in [2.75, 3.05) is 7.11 Å². The van der Waals surface area contributed by atoms with Gasteiger partial charge in [0.25, 0.3) is 0 Å². The average molecular weight is 188 g/mol. The largest absolute Gasteiger partial charge is 0.382 e. The van der Waals surface area contributed by atoms with Crippen molar-refractivity contribution in [1.82, 2.24) is 0 Å². The molecule has 0 fully saturated rings. The van der Waals surface area contributed by atoms with Gasteiger partial charge in [-0.2, -0.15) is 0 Å². The number of rotatable bonds is 5. The Labute approximate surface area is 84.9 Å². The van der Waals surface area contributed by atoms with E-state index in [2.05, 4.69) is 34.6 Å². The van der Waals surface area contributed by atoms with Crippen molar-refractivity contribution in [1.29, 1.82) is 0 Å². The molecule has 0 rings (SSSR count). The Balaban J connectivity index is 0. The molecule has 82 valence electrons. The summed E-state index contributed by atoms with van der Waals surface area (Å²) < 4.78 is 5.10. The highest BCUT2D eigenvalue weighted by Crippen LogP contribution is 2.04. The standard InChI is InChI=1S/C8H18O.C4H10/c1-4-5-6-7-8(2)9-3;1-4(2)3/h8H,4-7H2,1-3H3;4H,1-3H3. The van der Waals surface area contributed by atoms with Crippen LogP contribution in [0.2, 0.25) is 0 Å². The van der Waals surface area contributed by atoms with Crippen LogP contribution >= 0.6 is 0 Å². The molecule has 0 heterocycles. The van der Waals surface area contributed by atoms with Gasteiger partial charge in [0.2, 0.25) is 0 Å². The van der Waals surface area contributed by atoms with E-state index < -0.39 is 0 Å². The van der Waals surface area contributed by atoms with E-state index in [0.717, 1.165) is 5.92 Å². The van der Waals surface area contributed by atoms with Crippen LogP contribution in [-0.2, 0) is 4.74 Å². The van der Waals surface area contributed by atoms with Crippen molar-refractivity contribution in [3.05, 3.63) is 0 Å². The van der Waals surface area contributed by atoms with Gasteiger partial charge in [0.05, 0.1) is 6.10 Å². The Morgan fingerprint density at radius 1 is 1.00 bits per heavy atom. The molecule has 0 N–H and O–H groups in total. The molecule has 0 aliphatic heterocycles. The van der Waals surface area contributed by atoms with E-state index in [1.54, 1.807) is 7.11 Å².